The molecular formula is C20H23N3O3S. The Labute approximate surface area is 164 Å². The van der Waals surface area contributed by atoms with Crippen LogP contribution in [0.3, 0.4) is 0 Å². The van der Waals surface area contributed by atoms with Crippen molar-refractivity contribution >= 4 is 34.6 Å². The maximum absolute atomic E-state index is 12.6. The van der Waals surface area contributed by atoms with Crippen LogP contribution in [0.5, 0.6) is 11.5 Å². The molecule has 0 aromatic heterocycles. The Morgan fingerprint density at radius 2 is 1.81 bits per heavy atom. The third kappa shape index (κ3) is 4.49. The van der Waals surface area contributed by atoms with Gasteiger partial charge in [0.05, 0.1) is 31.2 Å². The second-order valence-electron chi connectivity index (χ2n) is 6.19. The molecule has 2 N–H and O–H groups in total. The van der Waals surface area contributed by atoms with Crippen molar-refractivity contribution in [1.29, 1.82) is 0 Å². The molecule has 0 atom stereocenters. The number of hydrogen-bond acceptors (Lipinski definition) is 5. The number of para-hydroxylation sites is 2. The average molecular weight is 385 g/mol. The Balaban J connectivity index is 1.70. The number of benzene rings is 2. The van der Waals surface area contributed by atoms with Crippen LogP contribution in [-0.2, 0) is 0 Å². The van der Waals surface area contributed by atoms with Crippen LogP contribution in [0.25, 0.3) is 0 Å². The van der Waals surface area contributed by atoms with E-state index in [0.29, 0.717) is 17.1 Å². The summed E-state index contributed by atoms with van der Waals surface area (Å²) in [6, 6.07) is 13.0. The number of anilines is 2. The summed E-state index contributed by atoms with van der Waals surface area (Å²) in [5.74, 6) is 0.696. The SMILES string of the molecule is COc1ccc(C(=O)NC(=S)Nc2ccccc2N2CCCC2)c(OC)c1. The van der Waals surface area contributed by atoms with E-state index in [1.54, 1.807) is 25.3 Å². The van der Waals surface area contributed by atoms with Gasteiger partial charge in [0.1, 0.15) is 11.5 Å². The van der Waals surface area contributed by atoms with Gasteiger partial charge in [-0.3, -0.25) is 10.1 Å². The van der Waals surface area contributed by atoms with Crippen LogP contribution in [0, 0.1) is 0 Å². The fourth-order valence-electron chi connectivity index (χ4n) is 3.12. The fraction of sp³-hybridized carbons (Fsp3) is 0.300. The van der Waals surface area contributed by atoms with E-state index in [-0.39, 0.29) is 11.0 Å². The molecule has 1 aliphatic heterocycles. The van der Waals surface area contributed by atoms with Crippen LogP contribution < -0.4 is 25.0 Å². The summed E-state index contributed by atoms with van der Waals surface area (Å²) in [6.45, 7) is 2.06. The van der Waals surface area contributed by atoms with Crippen molar-refractivity contribution in [3.05, 3.63) is 48.0 Å². The fourth-order valence-corrected chi connectivity index (χ4v) is 3.33. The predicted molar refractivity (Wildman–Crippen MR) is 111 cm³/mol. The third-order valence-electron chi connectivity index (χ3n) is 4.48. The summed E-state index contributed by atoms with van der Waals surface area (Å²) in [6.07, 6.45) is 2.37. The minimum absolute atomic E-state index is 0.240. The number of amides is 1. The zero-order chi connectivity index (χ0) is 19.2. The first kappa shape index (κ1) is 19.0. The van der Waals surface area contributed by atoms with Gasteiger partial charge < -0.3 is 19.7 Å². The van der Waals surface area contributed by atoms with Gasteiger partial charge in [0.2, 0.25) is 0 Å². The van der Waals surface area contributed by atoms with Gasteiger partial charge in [-0.2, -0.15) is 0 Å². The molecule has 0 radical (unpaired) electrons. The number of carbonyl (C=O) groups excluding carboxylic acids is 1. The predicted octanol–water partition coefficient (Wildman–Crippen LogP) is 3.43. The van der Waals surface area contributed by atoms with Gasteiger partial charge in [-0.1, -0.05) is 12.1 Å². The Bertz CT molecular complexity index is 835. The molecule has 0 unspecified atom stereocenters. The Morgan fingerprint density at radius 1 is 1.07 bits per heavy atom. The quantitative estimate of drug-likeness (QED) is 0.769. The minimum Gasteiger partial charge on any atom is -0.497 e. The van der Waals surface area contributed by atoms with Gasteiger partial charge >= 0.3 is 0 Å². The van der Waals surface area contributed by atoms with Gasteiger partial charge in [-0.15, -0.1) is 0 Å². The lowest BCUT2D eigenvalue weighted by atomic mass is 10.2. The molecule has 142 valence electrons. The summed E-state index contributed by atoms with van der Waals surface area (Å²) in [5.41, 5.74) is 2.36. The highest BCUT2D eigenvalue weighted by atomic mass is 32.1. The number of thiocarbonyl (C=S) groups is 1. The standard InChI is InChI=1S/C20H23N3O3S/c1-25-14-9-10-15(18(13-14)26-2)19(24)22-20(27)21-16-7-3-4-8-17(16)23-11-5-6-12-23/h3-4,7-10,13H,5-6,11-12H2,1-2H3,(H2,21,22,24,27). The first-order chi connectivity index (χ1) is 13.1. The lowest BCUT2D eigenvalue weighted by Gasteiger charge is -2.22. The Hall–Kier alpha value is -2.80. The van der Waals surface area contributed by atoms with Crippen molar-refractivity contribution < 1.29 is 14.3 Å². The number of nitrogens with zero attached hydrogens (tertiary/aromatic N) is 1. The Kier molecular flexibility index (Phi) is 6.13. The van der Waals surface area contributed by atoms with Gasteiger partial charge in [0, 0.05) is 19.2 Å². The van der Waals surface area contributed by atoms with Gasteiger partial charge in [-0.05, 0) is 49.3 Å². The molecule has 6 nitrogen and oxygen atoms in total. The third-order valence-corrected chi connectivity index (χ3v) is 4.68. The van der Waals surface area contributed by atoms with E-state index in [0.717, 1.165) is 24.5 Å². The highest BCUT2D eigenvalue weighted by Gasteiger charge is 2.18. The molecule has 0 aliphatic carbocycles. The van der Waals surface area contributed by atoms with Crippen LogP contribution in [0.2, 0.25) is 0 Å². The van der Waals surface area contributed by atoms with Crippen molar-refractivity contribution in [2.45, 2.75) is 12.8 Å². The van der Waals surface area contributed by atoms with Crippen LogP contribution in [0.15, 0.2) is 42.5 Å². The molecule has 7 heteroatoms. The molecule has 1 fully saturated rings. The second-order valence-corrected chi connectivity index (χ2v) is 6.59. The molecule has 1 saturated heterocycles. The molecular weight excluding hydrogens is 362 g/mol. The number of hydrogen-bond donors (Lipinski definition) is 2. The number of nitrogens with one attached hydrogen (secondary N) is 2. The second kappa shape index (κ2) is 8.73. The molecule has 0 spiro atoms. The molecule has 27 heavy (non-hydrogen) atoms. The maximum Gasteiger partial charge on any atom is 0.261 e. The summed E-state index contributed by atoms with van der Waals surface area (Å²) < 4.78 is 10.4. The molecule has 3 rings (SSSR count). The average Bonchev–Trinajstić information content (AvgIpc) is 3.22. The smallest absolute Gasteiger partial charge is 0.261 e. The zero-order valence-electron chi connectivity index (χ0n) is 15.5. The lowest BCUT2D eigenvalue weighted by molar-refractivity contribution is 0.0974. The number of ether oxygens (including phenoxy) is 2. The highest BCUT2D eigenvalue weighted by molar-refractivity contribution is 7.80. The van der Waals surface area contributed by atoms with Crippen molar-refractivity contribution in [2.24, 2.45) is 0 Å². The summed E-state index contributed by atoms with van der Waals surface area (Å²) in [5, 5.41) is 6.10. The summed E-state index contributed by atoms with van der Waals surface area (Å²) in [7, 11) is 3.07. The Morgan fingerprint density at radius 3 is 2.52 bits per heavy atom. The topological polar surface area (TPSA) is 62.8 Å². The number of methoxy groups -OCH3 is 2. The molecule has 1 heterocycles. The van der Waals surface area contributed by atoms with Crippen LogP contribution in [-0.4, -0.2) is 38.3 Å². The van der Waals surface area contributed by atoms with E-state index in [9.17, 15) is 4.79 Å². The summed E-state index contributed by atoms with van der Waals surface area (Å²) in [4.78, 5) is 14.9. The van der Waals surface area contributed by atoms with E-state index >= 15 is 0 Å². The van der Waals surface area contributed by atoms with E-state index in [1.165, 1.54) is 20.0 Å². The largest absolute Gasteiger partial charge is 0.497 e. The number of rotatable bonds is 5. The van der Waals surface area contributed by atoms with Crippen LogP contribution in [0.1, 0.15) is 23.2 Å². The van der Waals surface area contributed by atoms with Crippen LogP contribution >= 0.6 is 12.2 Å². The first-order valence-corrected chi connectivity index (χ1v) is 9.21. The lowest BCUT2D eigenvalue weighted by Crippen LogP contribution is -2.34. The van der Waals surface area contributed by atoms with Crippen LogP contribution in [0.4, 0.5) is 11.4 Å². The molecule has 1 aliphatic rings. The van der Waals surface area contributed by atoms with Crippen molar-refractivity contribution in [2.75, 3.05) is 37.5 Å². The molecule has 1 amide bonds. The van der Waals surface area contributed by atoms with Gasteiger partial charge in [0.25, 0.3) is 5.91 Å². The molecule has 0 bridgehead atoms. The van der Waals surface area contributed by atoms with Crippen molar-refractivity contribution in [3.8, 4) is 11.5 Å². The van der Waals surface area contributed by atoms with E-state index in [2.05, 4.69) is 21.6 Å². The monoisotopic (exact) mass is 385 g/mol. The highest BCUT2D eigenvalue weighted by Crippen LogP contribution is 2.29. The van der Waals surface area contributed by atoms with Gasteiger partial charge in [-0.25, -0.2) is 0 Å². The van der Waals surface area contributed by atoms with E-state index in [4.69, 9.17) is 21.7 Å². The van der Waals surface area contributed by atoms with Crippen molar-refractivity contribution in [1.82, 2.24) is 5.32 Å². The number of carbonyl (C=O) groups is 1. The van der Waals surface area contributed by atoms with E-state index < -0.39 is 0 Å². The summed E-state index contributed by atoms with van der Waals surface area (Å²) >= 11 is 5.35. The molecule has 2 aromatic rings. The normalized spacial score (nSPS) is 13.2. The minimum atomic E-state index is -0.342. The van der Waals surface area contributed by atoms with Crippen molar-refractivity contribution in [3.63, 3.8) is 0 Å². The zero-order valence-corrected chi connectivity index (χ0v) is 16.3. The van der Waals surface area contributed by atoms with E-state index in [1.807, 2.05) is 18.2 Å². The van der Waals surface area contributed by atoms with Gasteiger partial charge in [0.15, 0.2) is 5.11 Å². The maximum atomic E-state index is 12.6. The molecule has 2 aromatic carbocycles. The molecule has 0 saturated carbocycles. The first-order valence-electron chi connectivity index (χ1n) is 8.80.